The fourth-order valence-corrected chi connectivity index (χ4v) is 1.55. The maximum absolute atomic E-state index is 11.2. The summed E-state index contributed by atoms with van der Waals surface area (Å²) in [6.07, 6.45) is -6.53. The zero-order valence-electron chi connectivity index (χ0n) is 9.71. The maximum Gasteiger partial charge on any atom is 0.470 e. The zero-order valence-corrected chi connectivity index (χ0v) is 11.5. The molecule has 14 heteroatoms. The number of phosphoric acid groups is 2. The van der Waals surface area contributed by atoms with E-state index in [1.165, 1.54) is 0 Å². The van der Waals surface area contributed by atoms with Crippen LogP contribution in [0.5, 0.6) is 0 Å². The van der Waals surface area contributed by atoms with Gasteiger partial charge in [-0.2, -0.15) is 0 Å². The molecular weight excluding hydrogens is 326 g/mol. The number of carbonyl (C=O) groups excluding carboxylic acids is 1. The van der Waals surface area contributed by atoms with Gasteiger partial charge in [0.2, 0.25) is 0 Å². The number of Topliss-reactive ketones (excluding diaryl/α,β-unsaturated/α-hetero) is 1. The first kappa shape index (κ1) is 19.8. The van der Waals surface area contributed by atoms with E-state index in [1.807, 2.05) is 0 Å². The molecule has 0 saturated carbocycles. The molecule has 0 aromatic heterocycles. The second-order valence-corrected chi connectivity index (χ2v) is 6.00. The van der Waals surface area contributed by atoms with Crippen molar-refractivity contribution < 1.29 is 57.9 Å². The Morgan fingerprint density at radius 1 is 0.950 bits per heavy atom. The highest BCUT2D eigenvalue weighted by molar-refractivity contribution is 7.46. The van der Waals surface area contributed by atoms with Gasteiger partial charge in [0.15, 0.2) is 5.78 Å². The molecule has 0 aliphatic heterocycles. The number of aliphatic hydroxyl groups excluding tert-OH is 3. The van der Waals surface area contributed by atoms with Crippen LogP contribution in [-0.2, 0) is 23.0 Å². The average molecular weight is 340 g/mol. The van der Waals surface area contributed by atoms with Crippen LogP contribution in [-0.4, -0.2) is 72.2 Å². The van der Waals surface area contributed by atoms with Crippen LogP contribution in [0.15, 0.2) is 0 Å². The Hall–Kier alpha value is -0.230. The average Bonchev–Trinajstić information content (AvgIpc) is 2.29. The standard InChI is InChI=1S/C6H14O12P2/c7-3(1-17-19(11,12)13)5(9)6(10)4(8)2-18-20(14,15)16/h3,5-7,9-10H,1-2H2,(H2,11,12,13)(H2,14,15,16)/t3-,5-,6+/m0/s1. The molecule has 3 atom stereocenters. The van der Waals surface area contributed by atoms with Gasteiger partial charge in [0.05, 0.1) is 6.61 Å². The molecule has 0 saturated heterocycles. The molecule has 0 amide bonds. The number of rotatable bonds is 9. The van der Waals surface area contributed by atoms with E-state index in [0.29, 0.717) is 0 Å². The van der Waals surface area contributed by atoms with Crippen molar-refractivity contribution in [2.45, 2.75) is 18.3 Å². The summed E-state index contributed by atoms with van der Waals surface area (Å²) in [5.41, 5.74) is 0. The van der Waals surface area contributed by atoms with Crippen molar-refractivity contribution >= 4 is 21.4 Å². The molecule has 0 radical (unpaired) electrons. The number of hydrogen-bond donors (Lipinski definition) is 7. The number of hydrogen-bond acceptors (Lipinski definition) is 8. The van der Waals surface area contributed by atoms with Crippen LogP contribution >= 0.6 is 15.6 Å². The van der Waals surface area contributed by atoms with E-state index in [1.54, 1.807) is 0 Å². The first-order chi connectivity index (χ1) is 8.83. The molecule has 7 N–H and O–H groups in total. The summed E-state index contributed by atoms with van der Waals surface area (Å²) < 4.78 is 28.2. The number of carbonyl (C=O) groups is 1. The third-order valence-electron chi connectivity index (χ3n) is 1.84. The van der Waals surface area contributed by atoms with Gasteiger partial charge in [0.1, 0.15) is 24.9 Å². The van der Waals surface area contributed by atoms with Gasteiger partial charge in [-0.3, -0.25) is 13.8 Å². The molecule has 0 aliphatic rings. The predicted octanol–water partition coefficient (Wildman–Crippen LogP) is -3.14. The van der Waals surface area contributed by atoms with E-state index >= 15 is 0 Å². The Labute approximate surface area is 112 Å². The quantitative estimate of drug-likeness (QED) is 0.207. The largest absolute Gasteiger partial charge is 0.470 e. The Morgan fingerprint density at radius 3 is 1.80 bits per heavy atom. The van der Waals surface area contributed by atoms with Crippen molar-refractivity contribution in [2.75, 3.05) is 13.2 Å². The Balaban J connectivity index is 4.38. The van der Waals surface area contributed by atoms with Gasteiger partial charge in [0, 0.05) is 0 Å². The third-order valence-corrected chi connectivity index (χ3v) is 2.79. The summed E-state index contributed by atoms with van der Waals surface area (Å²) in [6, 6.07) is 0. The number of phosphoric ester groups is 2. The van der Waals surface area contributed by atoms with Crippen LogP contribution in [0.25, 0.3) is 0 Å². The summed E-state index contributed by atoms with van der Waals surface area (Å²) in [6.45, 7) is -2.33. The van der Waals surface area contributed by atoms with E-state index in [-0.39, 0.29) is 0 Å². The number of ketones is 1. The molecule has 120 valence electrons. The molecule has 0 aromatic carbocycles. The van der Waals surface area contributed by atoms with Crippen LogP contribution in [0.1, 0.15) is 0 Å². The first-order valence-corrected chi connectivity index (χ1v) is 7.86. The fraction of sp³-hybridized carbons (Fsp3) is 0.833. The molecule has 0 bridgehead atoms. The topological polar surface area (TPSA) is 211 Å². The van der Waals surface area contributed by atoms with E-state index < -0.39 is 53.0 Å². The lowest BCUT2D eigenvalue weighted by molar-refractivity contribution is -0.142. The van der Waals surface area contributed by atoms with Gasteiger partial charge >= 0.3 is 15.6 Å². The second kappa shape index (κ2) is 7.69. The van der Waals surface area contributed by atoms with Crippen molar-refractivity contribution in [3.05, 3.63) is 0 Å². The molecule has 0 aliphatic carbocycles. The number of aliphatic hydroxyl groups is 3. The summed E-state index contributed by atoms with van der Waals surface area (Å²) in [5.74, 6) is -1.36. The highest BCUT2D eigenvalue weighted by atomic mass is 31.2. The molecule has 12 nitrogen and oxygen atoms in total. The summed E-state index contributed by atoms with van der Waals surface area (Å²) in [5, 5.41) is 27.7. The van der Waals surface area contributed by atoms with Gasteiger partial charge in [-0.15, -0.1) is 0 Å². The van der Waals surface area contributed by atoms with E-state index in [2.05, 4.69) is 9.05 Å². The lowest BCUT2D eigenvalue weighted by atomic mass is 10.1. The summed E-state index contributed by atoms with van der Waals surface area (Å²) >= 11 is 0. The van der Waals surface area contributed by atoms with Gasteiger partial charge in [-0.05, 0) is 0 Å². The minimum absolute atomic E-state index is 1.09. The highest BCUT2D eigenvalue weighted by Crippen LogP contribution is 2.36. The Morgan fingerprint density at radius 2 is 1.40 bits per heavy atom. The van der Waals surface area contributed by atoms with Gasteiger partial charge in [-0.25, -0.2) is 9.13 Å². The molecule has 0 fully saturated rings. The summed E-state index contributed by atoms with van der Waals surface area (Å²) in [4.78, 5) is 44.4. The maximum atomic E-state index is 11.2. The predicted molar refractivity (Wildman–Crippen MR) is 59.0 cm³/mol. The van der Waals surface area contributed by atoms with Crippen molar-refractivity contribution in [1.82, 2.24) is 0 Å². The molecule has 20 heavy (non-hydrogen) atoms. The summed E-state index contributed by atoms with van der Waals surface area (Å²) in [7, 11) is -9.87. The van der Waals surface area contributed by atoms with Crippen LogP contribution in [0, 0.1) is 0 Å². The van der Waals surface area contributed by atoms with Gasteiger partial charge < -0.3 is 34.9 Å². The van der Waals surface area contributed by atoms with Crippen molar-refractivity contribution in [3.63, 3.8) is 0 Å². The minimum atomic E-state index is -4.95. The minimum Gasteiger partial charge on any atom is -0.388 e. The molecule has 0 rings (SSSR count). The normalized spacial score (nSPS) is 17.6. The van der Waals surface area contributed by atoms with Crippen LogP contribution < -0.4 is 0 Å². The third kappa shape index (κ3) is 8.84. The molecule has 0 spiro atoms. The monoisotopic (exact) mass is 340 g/mol. The van der Waals surface area contributed by atoms with Crippen molar-refractivity contribution in [1.29, 1.82) is 0 Å². The van der Waals surface area contributed by atoms with Crippen LogP contribution in [0.2, 0.25) is 0 Å². The smallest absolute Gasteiger partial charge is 0.388 e. The Bertz CT molecular complexity index is 410. The van der Waals surface area contributed by atoms with Crippen LogP contribution in [0.4, 0.5) is 0 Å². The molecule has 0 heterocycles. The lowest BCUT2D eigenvalue weighted by Crippen LogP contribution is -2.45. The van der Waals surface area contributed by atoms with Crippen molar-refractivity contribution in [2.24, 2.45) is 0 Å². The van der Waals surface area contributed by atoms with Crippen LogP contribution in [0.3, 0.4) is 0 Å². The van der Waals surface area contributed by atoms with E-state index in [9.17, 15) is 29.2 Å². The first-order valence-electron chi connectivity index (χ1n) is 4.80. The second-order valence-electron chi connectivity index (χ2n) is 3.52. The van der Waals surface area contributed by atoms with Gasteiger partial charge in [0.25, 0.3) is 0 Å². The van der Waals surface area contributed by atoms with Crippen molar-refractivity contribution in [3.8, 4) is 0 Å². The fourth-order valence-electron chi connectivity index (χ4n) is 0.906. The highest BCUT2D eigenvalue weighted by Gasteiger charge is 2.32. The SMILES string of the molecule is O=C(COP(=O)(O)O)[C@@H](O)[C@@H](O)[C@@H](O)COP(=O)(O)O. The molecular formula is C6H14O12P2. The zero-order chi connectivity index (χ0) is 16.1. The van der Waals surface area contributed by atoms with Gasteiger partial charge in [-0.1, -0.05) is 0 Å². The molecule has 0 aromatic rings. The van der Waals surface area contributed by atoms with E-state index in [4.69, 9.17) is 19.6 Å². The van der Waals surface area contributed by atoms with E-state index in [0.717, 1.165) is 0 Å². The Kier molecular flexibility index (Phi) is 7.60. The lowest BCUT2D eigenvalue weighted by Gasteiger charge is -2.22. The molecule has 0 unspecified atom stereocenters.